The SMILES string of the molecule is Cc1cnn(CCC(C)(N)C(=O)O)c1. The van der Waals surface area contributed by atoms with Gasteiger partial charge in [-0.15, -0.1) is 0 Å². The topological polar surface area (TPSA) is 81.1 Å². The number of hydrogen-bond donors (Lipinski definition) is 2. The summed E-state index contributed by atoms with van der Waals surface area (Å²) in [5.74, 6) is -0.985. The van der Waals surface area contributed by atoms with Crippen LogP contribution in [0.15, 0.2) is 12.4 Å². The second-order valence-corrected chi connectivity index (χ2v) is 3.75. The van der Waals surface area contributed by atoms with Crippen LogP contribution in [0.5, 0.6) is 0 Å². The van der Waals surface area contributed by atoms with Crippen LogP contribution in [0.1, 0.15) is 18.9 Å². The van der Waals surface area contributed by atoms with Gasteiger partial charge in [0.25, 0.3) is 0 Å². The van der Waals surface area contributed by atoms with E-state index in [1.54, 1.807) is 10.9 Å². The van der Waals surface area contributed by atoms with Gasteiger partial charge in [0.05, 0.1) is 6.20 Å². The van der Waals surface area contributed by atoms with Crippen molar-refractivity contribution in [2.24, 2.45) is 5.73 Å². The summed E-state index contributed by atoms with van der Waals surface area (Å²) in [6.07, 6.45) is 3.95. The molecule has 1 rings (SSSR count). The molecule has 0 saturated heterocycles. The van der Waals surface area contributed by atoms with E-state index >= 15 is 0 Å². The van der Waals surface area contributed by atoms with Crippen LogP contribution in [-0.4, -0.2) is 26.4 Å². The maximum Gasteiger partial charge on any atom is 0.323 e. The molecule has 14 heavy (non-hydrogen) atoms. The standard InChI is InChI=1S/C9H15N3O2/c1-7-5-11-12(6-7)4-3-9(2,10)8(13)14/h5-6H,3-4,10H2,1-2H3,(H,13,14). The third-order valence-electron chi connectivity index (χ3n) is 2.11. The van der Waals surface area contributed by atoms with E-state index in [2.05, 4.69) is 5.10 Å². The Balaban J connectivity index is 2.52. The lowest BCUT2D eigenvalue weighted by Crippen LogP contribution is -2.45. The van der Waals surface area contributed by atoms with Gasteiger partial charge >= 0.3 is 5.97 Å². The molecule has 0 bridgehead atoms. The highest BCUT2D eigenvalue weighted by atomic mass is 16.4. The van der Waals surface area contributed by atoms with Gasteiger partial charge in [-0.3, -0.25) is 9.48 Å². The lowest BCUT2D eigenvalue weighted by atomic mass is 10.00. The second kappa shape index (κ2) is 3.79. The maximum atomic E-state index is 10.7. The molecule has 3 N–H and O–H groups in total. The largest absolute Gasteiger partial charge is 0.480 e. The van der Waals surface area contributed by atoms with E-state index in [1.165, 1.54) is 6.92 Å². The summed E-state index contributed by atoms with van der Waals surface area (Å²) >= 11 is 0. The molecule has 1 aromatic heterocycles. The molecule has 0 fully saturated rings. The van der Waals surface area contributed by atoms with Crippen LogP contribution < -0.4 is 5.73 Å². The maximum absolute atomic E-state index is 10.7. The van der Waals surface area contributed by atoms with Crippen LogP contribution in [0, 0.1) is 6.92 Å². The molecule has 0 saturated carbocycles. The number of aryl methyl sites for hydroxylation is 2. The van der Waals surface area contributed by atoms with Crippen molar-refractivity contribution in [2.45, 2.75) is 32.4 Å². The normalized spacial score (nSPS) is 15.1. The number of aromatic nitrogens is 2. The first-order valence-corrected chi connectivity index (χ1v) is 4.43. The van der Waals surface area contributed by atoms with Crippen molar-refractivity contribution in [3.63, 3.8) is 0 Å². The van der Waals surface area contributed by atoms with E-state index in [0.717, 1.165) is 5.56 Å². The molecular formula is C9H15N3O2. The molecule has 0 aliphatic rings. The Morgan fingerprint density at radius 1 is 1.79 bits per heavy atom. The highest BCUT2D eigenvalue weighted by Crippen LogP contribution is 2.07. The van der Waals surface area contributed by atoms with Crippen molar-refractivity contribution in [1.82, 2.24) is 9.78 Å². The number of hydrogen-bond acceptors (Lipinski definition) is 3. The number of carboxylic acids is 1. The molecule has 5 heteroatoms. The summed E-state index contributed by atoms with van der Waals surface area (Å²) in [6, 6.07) is 0. The summed E-state index contributed by atoms with van der Waals surface area (Å²) in [7, 11) is 0. The Bertz CT molecular complexity index is 331. The molecule has 0 amide bonds. The third-order valence-corrected chi connectivity index (χ3v) is 2.11. The summed E-state index contributed by atoms with van der Waals surface area (Å²) in [5.41, 5.74) is 5.45. The van der Waals surface area contributed by atoms with Crippen molar-refractivity contribution >= 4 is 5.97 Å². The van der Waals surface area contributed by atoms with Gasteiger partial charge in [-0.2, -0.15) is 5.10 Å². The fourth-order valence-corrected chi connectivity index (χ4v) is 1.04. The molecular weight excluding hydrogens is 182 g/mol. The third kappa shape index (κ3) is 2.56. The Labute approximate surface area is 82.5 Å². The van der Waals surface area contributed by atoms with Crippen molar-refractivity contribution in [3.05, 3.63) is 18.0 Å². The van der Waals surface area contributed by atoms with Crippen LogP contribution in [0.25, 0.3) is 0 Å². The number of aliphatic carboxylic acids is 1. The van der Waals surface area contributed by atoms with Crippen LogP contribution >= 0.6 is 0 Å². The highest BCUT2D eigenvalue weighted by Gasteiger charge is 2.27. The van der Waals surface area contributed by atoms with E-state index in [0.29, 0.717) is 13.0 Å². The molecule has 0 aliphatic carbocycles. The monoisotopic (exact) mass is 197 g/mol. The first kappa shape index (κ1) is 10.7. The van der Waals surface area contributed by atoms with Gasteiger partial charge in [-0.1, -0.05) is 0 Å². The van der Waals surface area contributed by atoms with Crippen LogP contribution in [0.2, 0.25) is 0 Å². The molecule has 1 unspecified atom stereocenters. The number of rotatable bonds is 4. The van der Waals surface area contributed by atoms with Gasteiger partial charge in [-0.25, -0.2) is 0 Å². The molecule has 0 aromatic carbocycles. The van der Waals surface area contributed by atoms with Crippen molar-refractivity contribution in [2.75, 3.05) is 0 Å². The predicted molar refractivity (Wildman–Crippen MR) is 51.8 cm³/mol. The minimum Gasteiger partial charge on any atom is -0.480 e. The van der Waals surface area contributed by atoms with Crippen LogP contribution in [0.4, 0.5) is 0 Å². The number of nitrogens with zero attached hydrogens (tertiary/aromatic N) is 2. The Morgan fingerprint density at radius 3 is 2.86 bits per heavy atom. The fourth-order valence-electron chi connectivity index (χ4n) is 1.04. The Hall–Kier alpha value is -1.36. The number of carboxylic acid groups (broad SMARTS) is 1. The zero-order valence-corrected chi connectivity index (χ0v) is 8.40. The van der Waals surface area contributed by atoms with Gasteiger partial charge < -0.3 is 10.8 Å². The average Bonchev–Trinajstić information content (AvgIpc) is 2.48. The minimum absolute atomic E-state index is 0.365. The fraction of sp³-hybridized carbons (Fsp3) is 0.556. The van der Waals surface area contributed by atoms with Crippen LogP contribution in [0.3, 0.4) is 0 Å². The predicted octanol–water partition coefficient (Wildman–Crippen LogP) is 0.384. The molecule has 1 aromatic rings. The molecule has 0 aliphatic heterocycles. The first-order valence-electron chi connectivity index (χ1n) is 4.43. The van der Waals surface area contributed by atoms with E-state index in [1.807, 2.05) is 13.1 Å². The van der Waals surface area contributed by atoms with Crippen molar-refractivity contribution < 1.29 is 9.90 Å². The Morgan fingerprint density at radius 2 is 2.43 bits per heavy atom. The van der Waals surface area contributed by atoms with Crippen LogP contribution in [-0.2, 0) is 11.3 Å². The molecule has 78 valence electrons. The number of carbonyl (C=O) groups is 1. The number of nitrogens with two attached hydrogens (primary N) is 1. The summed E-state index contributed by atoms with van der Waals surface area (Å²) < 4.78 is 1.70. The van der Waals surface area contributed by atoms with Gasteiger partial charge in [0.1, 0.15) is 5.54 Å². The molecule has 1 atom stereocenters. The van der Waals surface area contributed by atoms with Gasteiger partial charge in [0, 0.05) is 12.7 Å². The molecule has 5 nitrogen and oxygen atoms in total. The molecule has 0 spiro atoms. The highest BCUT2D eigenvalue weighted by molar-refractivity contribution is 5.77. The zero-order chi connectivity index (χ0) is 10.8. The van der Waals surface area contributed by atoms with E-state index in [-0.39, 0.29) is 0 Å². The molecule has 0 radical (unpaired) electrons. The minimum atomic E-state index is -1.18. The lowest BCUT2D eigenvalue weighted by molar-refractivity contribution is -0.143. The van der Waals surface area contributed by atoms with Crippen molar-refractivity contribution in [3.8, 4) is 0 Å². The van der Waals surface area contributed by atoms with Gasteiger partial charge in [-0.05, 0) is 25.8 Å². The van der Waals surface area contributed by atoms with E-state index in [4.69, 9.17) is 10.8 Å². The van der Waals surface area contributed by atoms with E-state index in [9.17, 15) is 4.79 Å². The lowest BCUT2D eigenvalue weighted by Gasteiger charge is -2.18. The quantitative estimate of drug-likeness (QED) is 0.731. The second-order valence-electron chi connectivity index (χ2n) is 3.75. The smallest absolute Gasteiger partial charge is 0.323 e. The summed E-state index contributed by atoms with van der Waals surface area (Å²) in [6.45, 7) is 3.96. The molecule has 1 heterocycles. The first-order chi connectivity index (χ1) is 6.42. The zero-order valence-electron chi connectivity index (χ0n) is 8.40. The van der Waals surface area contributed by atoms with E-state index < -0.39 is 11.5 Å². The van der Waals surface area contributed by atoms with Gasteiger partial charge in [0.2, 0.25) is 0 Å². The average molecular weight is 197 g/mol. The van der Waals surface area contributed by atoms with Crippen molar-refractivity contribution in [1.29, 1.82) is 0 Å². The summed E-state index contributed by atoms with van der Waals surface area (Å²) in [4.78, 5) is 10.7. The van der Waals surface area contributed by atoms with Gasteiger partial charge in [0.15, 0.2) is 0 Å². The Kier molecular flexibility index (Phi) is 2.90. The summed E-state index contributed by atoms with van der Waals surface area (Å²) in [5, 5.41) is 12.8.